The van der Waals surface area contributed by atoms with E-state index in [0.29, 0.717) is 24.7 Å². The minimum Gasteiger partial charge on any atom is -0.370 e. The van der Waals surface area contributed by atoms with Gasteiger partial charge in [-0.3, -0.25) is 0 Å². The Bertz CT molecular complexity index is 371. The molecule has 0 aromatic carbocycles. The summed E-state index contributed by atoms with van der Waals surface area (Å²) in [6.07, 6.45) is 2.29. The highest BCUT2D eigenvalue weighted by Crippen LogP contribution is 2.22. The summed E-state index contributed by atoms with van der Waals surface area (Å²) >= 11 is 0. The van der Waals surface area contributed by atoms with Crippen LogP contribution in [0.15, 0.2) is 4.52 Å². The summed E-state index contributed by atoms with van der Waals surface area (Å²) in [5.41, 5.74) is 6.32. The van der Waals surface area contributed by atoms with Gasteiger partial charge in [-0.05, 0) is 25.2 Å². The molecule has 0 spiro atoms. The fourth-order valence-corrected chi connectivity index (χ4v) is 2.14. The molecule has 0 amide bonds. The van der Waals surface area contributed by atoms with Crippen molar-refractivity contribution < 1.29 is 9.26 Å². The van der Waals surface area contributed by atoms with Gasteiger partial charge in [-0.1, -0.05) is 32.9 Å². The lowest BCUT2D eigenvalue weighted by Crippen LogP contribution is -2.28. The van der Waals surface area contributed by atoms with Crippen LogP contribution < -0.4 is 5.73 Å². The van der Waals surface area contributed by atoms with E-state index in [1.54, 1.807) is 0 Å². The van der Waals surface area contributed by atoms with Gasteiger partial charge in [0.2, 0.25) is 11.7 Å². The van der Waals surface area contributed by atoms with Crippen LogP contribution in [0.4, 0.5) is 0 Å². The number of ether oxygens (including phenoxy) is 1. The van der Waals surface area contributed by atoms with E-state index in [1.807, 2.05) is 13.8 Å². The van der Waals surface area contributed by atoms with Gasteiger partial charge in [0.05, 0.1) is 0 Å². The van der Waals surface area contributed by atoms with Gasteiger partial charge in [-0.25, -0.2) is 0 Å². The smallest absolute Gasteiger partial charge is 0.228 e. The molecule has 1 aromatic heterocycles. The number of rotatable bonds is 7. The third kappa shape index (κ3) is 5.70. The molecule has 110 valence electrons. The second-order valence-corrected chi connectivity index (χ2v) is 6.13. The fraction of sp³-hybridized carbons (Fsp3) is 0.857. The van der Waals surface area contributed by atoms with E-state index in [2.05, 4.69) is 30.9 Å². The molecule has 0 aliphatic rings. The van der Waals surface area contributed by atoms with Gasteiger partial charge in [0, 0.05) is 19.1 Å². The molecule has 1 rings (SSSR count). The Morgan fingerprint density at radius 2 is 2.00 bits per heavy atom. The fourth-order valence-electron chi connectivity index (χ4n) is 2.14. The van der Waals surface area contributed by atoms with Gasteiger partial charge in [-0.2, -0.15) is 4.98 Å². The highest BCUT2D eigenvalue weighted by Gasteiger charge is 2.20. The molecule has 0 aliphatic carbocycles. The first-order valence-corrected chi connectivity index (χ1v) is 7.05. The maximum Gasteiger partial charge on any atom is 0.228 e. The molecule has 2 N–H and O–H groups in total. The molecule has 0 bridgehead atoms. The van der Waals surface area contributed by atoms with E-state index in [-0.39, 0.29) is 17.6 Å². The zero-order chi connectivity index (χ0) is 14.5. The molecule has 5 heteroatoms. The summed E-state index contributed by atoms with van der Waals surface area (Å²) in [6.45, 7) is 11.2. The Kier molecular flexibility index (Phi) is 5.94. The molecule has 0 fully saturated rings. The SMILES string of the molecule is CCOC(CC)c1noc(CC(N)CC(C)(C)C)n1. The predicted octanol–water partition coefficient (Wildman–Crippen LogP) is 2.86. The van der Waals surface area contributed by atoms with Gasteiger partial charge in [0.15, 0.2) is 0 Å². The number of hydrogen-bond donors (Lipinski definition) is 1. The van der Waals surface area contributed by atoms with Crippen LogP contribution in [-0.2, 0) is 11.2 Å². The summed E-state index contributed by atoms with van der Waals surface area (Å²) in [5.74, 6) is 1.23. The highest BCUT2D eigenvalue weighted by atomic mass is 16.5. The molecular formula is C14H27N3O2. The van der Waals surface area contributed by atoms with E-state index in [9.17, 15) is 0 Å². The molecule has 0 saturated heterocycles. The van der Waals surface area contributed by atoms with Crippen molar-refractivity contribution in [2.75, 3.05) is 6.61 Å². The third-order valence-electron chi connectivity index (χ3n) is 2.82. The van der Waals surface area contributed by atoms with Gasteiger partial charge in [0.25, 0.3) is 0 Å². The van der Waals surface area contributed by atoms with Crippen molar-refractivity contribution >= 4 is 0 Å². The van der Waals surface area contributed by atoms with Crippen LogP contribution in [0, 0.1) is 5.41 Å². The van der Waals surface area contributed by atoms with Crippen LogP contribution >= 0.6 is 0 Å². The van der Waals surface area contributed by atoms with Crippen molar-refractivity contribution in [3.63, 3.8) is 0 Å². The van der Waals surface area contributed by atoms with Crippen LogP contribution in [0.25, 0.3) is 0 Å². The maximum atomic E-state index is 6.11. The molecule has 1 heterocycles. The average Bonchev–Trinajstić information content (AvgIpc) is 2.71. The summed E-state index contributed by atoms with van der Waals surface area (Å²) in [6, 6.07) is 0.0421. The normalized spacial score (nSPS) is 15.5. The molecule has 0 saturated carbocycles. The second-order valence-electron chi connectivity index (χ2n) is 6.13. The Balaban J connectivity index is 2.59. The topological polar surface area (TPSA) is 74.2 Å². The lowest BCUT2D eigenvalue weighted by molar-refractivity contribution is 0.0518. The summed E-state index contributed by atoms with van der Waals surface area (Å²) in [4.78, 5) is 4.39. The first-order valence-electron chi connectivity index (χ1n) is 7.05. The highest BCUT2D eigenvalue weighted by molar-refractivity contribution is 4.93. The molecule has 2 unspecified atom stereocenters. The first kappa shape index (κ1) is 16.1. The van der Waals surface area contributed by atoms with Crippen LogP contribution in [-0.4, -0.2) is 22.8 Å². The van der Waals surface area contributed by atoms with E-state index < -0.39 is 0 Å². The second kappa shape index (κ2) is 7.01. The van der Waals surface area contributed by atoms with E-state index >= 15 is 0 Å². The number of nitrogens with two attached hydrogens (primary N) is 1. The third-order valence-corrected chi connectivity index (χ3v) is 2.82. The van der Waals surface area contributed by atoms with E-state index in [0.717, 1.165) is 12.8 Å². The van der Waals surface area contributed by atoms with Crippen molar-refractivity contribution in [2.45, 2.75) is 66.0 Å². The van der Waals surface area contributed by atoms with Crippen molar-refractivity contribution in [1.82, 2.24) is 10.1 Å². The van der Waals surface area contributed by atoms with Crippen molar-refractivity contribution in [3.8, 4) is 0 Å². The number of hydrogen-bond acceptors (Lipinski definition) is 5. The largest absolute Gasteiger partial charge is 0.370 e. The molecule has 1 aromatic rings. The van der Waals surface area contributed by atoms with Gasteiger partial charge < -0.3 is 15.0 Å². The minimum absolute atomic E-state index is 0.0421. The van der Waals surface area contributed by atoms with E-state index in [1.165, 1.54) is 0 Å². The van der Waals surface area contributed by atoms with Crippen LogP contribution in [0.5, 0.6) is 0 Å². The summed E-state index contributed by atoms with van der Waals surface area (Å²) in [5, 5.41) is 3.99. The Labute approximate surface area is 115 Å². The summed E-state index contributed by atoms with van der Waals surface area (Å²) in [7, 11) is 0. The van der Waals surface area contributed by atoms with Gasteiger partial charge in [-0.15, -0.1) is 0 Å². The maximum absolute atomic E-state index is 6.11. The molecule has 0 radical (unpaired) electrons. The standard InChI is InChI=1S/C14H27N3O2/c1-6-11(18-7-2)13-16-12(19-17-13)8-10(15)9-14(3,4)5/h10-11H,6-9,15H2,1-5H3. The number of aromatic nitrogens is 2. The first-order chi connectivity index (χ1) is 8.85. The van der Waals surface area contributed by atoms with Crippen molar-refractivity contribution in [2.24, 2.45) is 11.1 Å². The number of nitrogens with zero attached hydrogens (tertiary/aromatic N) is 2. The zero-order valence-electron chi connectivity index (χ0n) is 12.8. The van der Waals surface area contributed by atoms with Gasteiger partial charge in [0.1, 0.15) is 6.10 Å². The quantitative estimate of drug-likeness (QED) is 0.823. The molecule has 0 aliphatic heterocycles. The monoisotopic (exact) mass is 269 g/mol. The Hall–Kier alpha value is -0.940. The van der Waals surface area contributed by atoms with Crippen molar-refractivity contribution in [3.05, 3.63) is 11.7 Å². The Morgan fingerprint density at radius 3 is 2.53 bits per heavy atom. The zero-order valence-corrected chi connectivity index (χ0v) is 12.8. The van der Waals surface area contributed by atoms with E-state index in [4.69, 9.17) is 15.0 Å². The lowest BCUT2D eigenvalue weighted by Gasteiger charge is -2.21. The molecular weight excluding hydrogens is 242 g/mol. The van der Waals surface area contributed by atoms with Crippen LogP contribution in [0.1, 0.15) is 65.3 Å². The van der Waals surface area contributed by atoms with Crippen LogP contribution in [0.3, 0.4) is 0 Å². The molecule has 19 heavy (non-hydrogen) atoms. The lowest BCUT2D eigenvalue weighted by atomic mass is 9.87. The Morgan fingerprint density at radius 1 is 1.32 bits per heavy atom. The van der Waals surface area contributed by atoms with Crippen LogP contribution in [0.2, 0.25) is 0 Å². The summed E-state index contributed by atoms with van der Waals surface area (Å²) < 4.78 is 10.8. The predicted molar refractivity (Wildman–Crippen MR) is 74.7 cm³/mol. The average molecular weight is 269 g/mol. The molecule has 2 atom stereocenters. The van der Waals surface area contributed by atoms with Crippen molar-refractivity contribution in [1.29, 1.82) is 0 Å². The van der Waals surface area contributed by atoms with Gasteiger partial charge >= 0.3 is 0 Å². The minimum atomic E-state index is -0.0821. The molecule has 5 nitrogen and oxygen atoms in total.